The highest BCUT2D eigenvalue weighted by Crippen LogP contribution is 2.30. The third-order valence-corrected chi connectivity index (χ3v) is 2.41. The van der Waals surface area contributed by atoms with Crippen LogP contribution in [0.1, 0.15) is 11.5 Å². The van der Waals surface area contributed by atoms with Gasteiger partial charge in [0.05, 0.1) is 5.56 Å². The maximum absolute atomic E-state index is 13.7. The summed E-state index contributed by atoms with van der Waals surface area (Å²) in [5, 5.41) is 5.63. The molecule has 4 nitrogen and oxygen atoms in total. The van der Waals surface area contributed by atoms with Crippen molar-refractivity contribution in [2.45, 2.75) is 12.7 Å². The Labute approximate surface area is 109 Å². The molecule has 1 aromatic carbocycles. The first kappa shape index (κ1) is 14.4. The third-order valence-electron chi connectivity index (χ3n) is 2.41. The summed E-state index contributed by atoms with van der Waals surface area (Å²) in [5.74, 6) is -4.00. The van der Waals surface area contributed by atoms with Crippen molar-refractivity contribution >= 4 is 0 Å². The van der Waals surface area contributed by atoms with Crippen LogP contribution in [0.5, 0.6) is 0 Å². The zero-order chi connectivity index (χ0) is 14.9. The van der Waals surface area contributed by atoms with Crippen LogP contribution in [0.3, 0.4) is 0 Å². The van der Waals surface area contributed by atoms with Crippen LogP contribution in [0.4, 0.5) is 22.0 Å². The van der Waals surface area contributed by atoms with Gasteiger partial charge in [-0.2, -0.15) is 18.2 Å². The summed E-state index contributed by atoms with van der Waals surface area (Å²) in [7, 11) is 1.54. The van der Waals surface area contributed by atoms with Crippen LogP contribution in [-0.4, -0.2) is 17.2 Å². The van der Waals surface area contributed by atoms with Crippen LogP contribution < -0.4 is 5.32 Å². The number of rotatable bonds is 3. The highest BCUT2D eigenvalue weighted by molar-refractivity contribution is 5.56. The number of hydrogen-bond acceptors (Lipinski definition) is 4. The van der Waals surface area contributed by atoms with Gasteiger partial charge in [-0.05, 0) is 19.2 Å². The summed E-state index contributed by atoms with van der Waals surface area (Å²) in [5.41, 5.74) is -0.463. The fraction of sp³-hybridized carbons (Fsp3) is 0.273. The van der Waals surface area contributed by atoms with Crippen molar-refractivity contribution in [1.82, 2.24) is 15.5 Å². The zero-order valence-corrected chi connectivity index (χ0v) is 10.1. The summed E-state index contributed by atoms with van der Waals surface area (Å²) >= 11 is 0. The number of nitrogens with zero attached hydrogens (tertiary/aromatic N) is 2. The van der Waals surface area contributed by atoms with E-state index in [9.17, 15) is 22.0 Å². The fourth-order valence-electron chi connectivity index (χ4n) is 1.53. The molecular weight excluding hydrogens is 285 g/mol. The van der Waals surface area contributed by atoms with Crippen molar-refractivity contribution in [2.24, 2.45) is 0 Å². The molecule has 0 aliphatic heterocycles. The van der Waals surface area contributed by atoms with E-state index < -0.39 is 35.1 Å². The molecule has 0 unspecified atom stereocenters. The lowest BCUT2D eigenvalue weighted by atomic mass is 10.1. The summed E-state index contributed by atoms with van der Waals surface area (Å²) < 4.78 is 68.2. The minimum atomic E-state index is -4.84. The first-order valence-corrected chi connectivity index (χ1v) is 5.36. The van der Waals surface area contributed by atoms with Gasteiger partial charge in [0.15, 0.2) is 0 Å². The van der Waals surface area contributed by atoms with Gasteiger partial charge in [0.1, 0.15) is 11.6 Å². The first-order chi connectivity index (χ1) is 9.32. The Hall–Kier alpha value is -2.03. The van der Waals surface area contributed by atoms with Crippen LogP contribution in [0, 0.1) is 11.6 Å². The van der Waals surface area contributed by atoms with E-state index in [0.29, 0.717) is 0 Å². The maximum Gasteiger partial charge on any atom is 0.471 e. The predicted octanol–water partition coefficient (Wildman–Crippen LogP) is 2.75. The molecule has 0 amide bonds. The van der Waals surface area contributed by atoms with Gasteiger partial charge in [-0.3, -0.25) is 0 Å². The van der Waals surface area contributed by atoms with Gasteiger partial charge in [0, 0.05) is 12.1 Å². The Kier molecular flexibility index (Phi) is 3.71. The number of hydrogen-bond donors (Lipinski definition) is 1. The van der Waals surface area contributed by atoms with E-state index >= 15 is 0 Å². The van der Waals surface area contributed by atoms with Gasteiger partial charge >= 0.3 is 12.1 Å². The average Bonchev–Trinajstić information content (AvgIpc) is 2.82. The normalized spacial score (nSPS) is 11.9. The van der Waals surface area contributed by atoms with E-state index in [1.165, 1.54) is 0 Å². The largest absolute Gasteiger partial charge is 0.471 e. The van der Waals surface area contributed by atoms with Crippen LogP contribution in [0.15, 0.2) is 16.7 Å². The van der Waals surface area contributed by atoms with Crippen molar-refractivity contribution in [2.75, 3.05) is 7.05 Å². The van der Waals surface area contributed by atoms with Crippen LogP contribution >= 0.6 is 0 Å². The number of nitrogens with one attached hydrogen (secondary N) is 1. The number of alkyl halides is 3. The molecular formula is C11H8F5N3O. The third kappa shape index (κ3) is 2.77. The molecule has 108 valence electrons. The quantitative estimate of drug-likeness (QED) is 0.884. The molecule has 2 aromatic rings. The molecule has 20 heavy (non-hydrogen) atoms. The summed E-state index contributed by atoms with van der Waals surface area (Å²) in [6, 6.07) is 1.60. The molecule has 0 saturated heterocycles. The van der Waals surface area contributed by atoms with E-state index in [4.69, 9.17) is 0 Å². The molecule has 1 N–H and O–H groups in total. The molecule has 9 heteroatoms. The Morgan fingerprint density at radius 2 is 1.90 bits per heavy atom. The van der Waals surface area contributed by atoms with Gasteiger partial charge in [-0.15, -0.1) is 0 Å². The lowest BCUT2D eigenvalue weighted by molar-refractivity contribution is -0.159. The van der Waals surface area contributed by atoms with Crippen molar-refractivity contribution in [3.05, 3.63) is 35.2 Å². The fourth-order valence-corrected chi connectivity index (χ4v) is 1.53. The van der Waals surface area contributed by atoms with Gasteiger partial charge in [0.2, 0.25) is 5.82 Å². The van der Waals surface area contributed by atoms with Crippen LogP contribution in [-0.2, 0) is 12.7 Å². The van der Waals surface area contributed by atoms with Crippen LogP contribution in [0.25, 0.3) is 11.4 Å². The van der Waals surface area contributed by atoms with Gasteiger partial charge in [0.25, 0.3) is 0 Å². The molecule has 0 radical (unpaired) electrons. The number of benzene rings is 1. The summed E-state index contributed by atoms with van der Waals surface area (Å²) in [6.45, 7) is 0.0725. The van der Waals surface area contributed by atoms with Gasteiger partial charge in [-0.25, -0.2) is 8.78 Å². The Morgan fingerprint density at radius 3 is 2.45 bits per heavy atom. The molecule has 1 aromatic heterocycles. The highest BCUT2D eigenvalue weighted by atomic mass is 19.4. The average molecular weight is 293 g/mol. The second kappa shape index (κ2) is 5.16. The molecule has 0 aliphatic carbocycles. The lowest BCUT2D eigenvalue weighted by Crippen LogP contribution is -2.08. The van der Waals surface area contributed by atoms with E-state index in [1.54, 1.807) is 7.05 Å². The van der Waals surface area contributed by atoms with E-state index in [1.807, 2.05) is 0 Å². The smallest absolute Gasteiger partial charge is 0.329 e. The van der Waals surface area contributed by atoms with E-state index in [2.05, 4.69) is 20.0 Å². The second-order valence-corrected chi connectivity index (χ2v) is 3.87. The van der Waals surface area contributed by atoms with Crippen molar-refractivity contribution < 1.29 is 26.5 Å². The summed E-state index contributed by atoms with van der Waals surface area (Å²) in [4.78, 5) is 3.00. The molecule has 0 aliphatic rings. The standard InChI is InChI=1S/C11H8F5N3O/c1-17-4-5-2-8(13)6(3-7(5)12)9-18-10(20-19-9)11(14,15)16/h2-3,17H,4H2,1H3. The van der Waals surface area contributed by atoms with E-state index in [0.717, 1.165) is 12.1 Å². The Balaban J connectivity index is 2.43. The zero-order valence-electron chi connectivity index (χ0n) is 10.1. The minimum absolute atomic E-state index is 0.0355. The SMILES string of the molecule is CNCc1cc(F)c(-c2noc(C(F)(F)F)n2)cc1F. The lowest BCUT2D eigenvalue weighted by Gasteiger charge is -2.05. The van der Waals surface area contributed by atoms with Gasteiger partial charge < -0.3 is 9.84 Å². The Morgan fingerprint density at radius 1 is 1.20 bits per heavy atom. The molecule has 0 atom stereocenters. The second-order valence-electron chi connectivity index (χ2n) is 3.87. The van der Waals surface area contributed by atoms with Crippen molar-refractivity contribution in [3.63, 3.8) is 0 Å². The summed E-state index contributed by atoms with van der Waals surface area (Å²) in [6.07, 6.45) is -4.84. The molecule has 2 rings (SSSR count). The first-order valence-electron chi connectivity index (χ1n) is 5.36. The van der Waals surface area contributed by atoms with E-state index in [-0.39, 0.29) is 12.1 Å². The van der Waals surface area contributed by atoms with Crippen LogP contribution in [0.2, 0.25) is 0 Å². The van der Waals surface area contributed by atoms with Crippen molar-refractivity contribution in [1.29, 1.82) is 0 Å². The molecule has 0 saturated carbocycles. The topological polar surface area (TPSA) is 51.0 Å². The molecule has 0 spiro atoms. The monoisotopic (exact) mass is 293 g/mol. The maximum atomic E-state index is 13.7. The molecule has 0 fully saturated rings. The molecule has 1 heterocycles. The number of halogens is 5. The molecule has 0 bridgehead atoms. The van der Waals surface area contributed by atoms with Crippen molar-refractivity contribution in [3.8, 4) is 11.4 Å². The highest BCUT2D eigenvalue weighted by Gasteiger charge is 2.38. The predicted molar refractivity (Wildman–Crippen MR) is 57.4 cm³/mol. The van der Waals surface area contributed by atoms with Gasteiger partial charge in [-0.1, -0.05) is 5.16 Å². The minimum Gasteiger partial charge on any atom is -0.329 e. The Bertz CT molecular complexity index is 623. The number of aromatic nitrogens is 2.